The largest absolute Gasteiger partial charge is 0.507 e. The molecule has 0 aliphatic rings. The fraction of sp³-hybridized carbons (Fsp3) is 0.0476. The van der Waals surface area contributed by atoms with E-state index in [1.54, 1.807) is 42.5 Å². The van der Waals surface area contributed by atoms with Crippen LogP contribution in [-0.4, -0.2) is 10.9 Å². The molecule has 28 heavy (non-hydrogen) atoms. The topological polar surface area (TPSA) is 76.7 Å². The maximum Gasteiger partial charge on any atom is 0.351 e. The van der Waals surface area contributed by atoms with Crippen LogP contribution >= 0.6 is 23.2 Å². The number of ether oxygens (including phenoxy) is 1. The highest BCUT2D eigenvalue weighted by atomic mass is 35.5. The minimum Gasteiger partial charge on any atom is -0.507 e. The Morgan fingerprint density at radius 1 is 1.07 bits per heavy atom. The number of rotatable bonds is 5. The van der Waals surface area contributed by atoms with Gasteiger partial charge in [0.25, 0.3) is 0 Å². The van der Waals surface area contributed by atoms with Crippen LogP contribution in [0.15, 0.2) is 63.8 Å². The van der Waals surface area contributed by atoms with Crippen molar-refractivity contribution in [2.75, 3.05) is 0 Å². The number of carbonyl (C=O) groups is 1. The van der Waals surface area contributed by atoms with E-state index in [0.29, 0.717) is 27.1 Å². The Morgan fingerprint density at radius 2 is 1.82 bits per heavy atom. The van der Waals surface area contributed by atoms with Crippen molar-refractivity contribution in [3.05, 3.63) is 92.0 Å². The first-order valence-corrected chi connectivity index (χ1v) is 8.88. The molecule has 1 aromatic heterocycles. The van der Waals surface area contributed by atoms with Crippen molar-refractivity contribution in [2.24, 2.45) is 0 Å². The van der Waals surface area contributed by atoms with Crippen LogP contribution in [-0.2, 0) is 0 Å². The van der Waals surface area contributed by atoms with E-state index in [2.05, 4.69) is 0 Å². The summed E-state index contributed by atoms with van der Waals surface area (Å²) in [4.78, 5) is 24.1. The van der Waals surface area contributed by atoms with Crippen LogP contribution in [0.25, 0.3) is 6.08 Å². The average Bonchev–Trinajstić information content (AvgIpc) is 2.62. The highest BCUT2D eigenvalue weighted by Crippen LogP contribution is 2.29. The summed E-state index contributed by atoms with van der Waals surface area (Å²) in [5.41, 5.74) is -0.643. The average molecular weight is 417 g/mol. The van der Waals surface area contributed by atoms with Gasteiger partial charge in [-0.3, -0.25) is 4.79 Å². The molecule has 0 radical (unpaired) electrons. The predicted octanol–water partition coefficient (Wildman–Crippen LogP) is 5.65. The van der Waals surface area contributed by atoms with Crippen LogP contribution in [0.5, 0.6) is 17.2 Å². The van der Waals surface area contributed by atoms with Crippen molar-refractivity contribution in [2.45, 2.75) is 6.92 Å². The second-order valence-electron chi connectivity index (χ2n) is 5.85. The number of carbonyl (C=O) groups excluding carboxylic acids is 1. The maximum atomic E-state index is 12.3. The van der Waals surface area contributed by atoms with Crippen LogP contribution in [0.4, 0.5) is 0 Å². The van der Waals surface area contributed by atoms with Crippen molar-refractivity contribution in [1.82, 2.24) is 0 Å². The Bertz CT molecular complexity index is 1130. The molecule has 0 amide bonds. The molecule has 1 heterocycles. The van der Waals surface area contributed by atoms with E-state index >= 15 is 0 Å². The van der Waals surface area contributed by atoms with Crippen molar-refractivity contribution in [3.63, 3.8) is 0 Å². The van der Waals surface area contributed by atoms with Gasteiger partial charge < -0.3 is 14.3 Å². The Labute approximate surface area is 170 Å². The molecule has 0 spiro atoms. The fourth-order valence-electron chi connectivity index (χ4n) is 2.44. The number of aryl methyl sites for hydroxylation is 1. The molecule has 0 aliphatic carbocycles. The van der Waals surface area contributed by atoms with Gasteiger partial charge in [-0.05, 0) is 42.8 Å². The summed E-state index contributed by atoms with van der Waals surface area (Å²) < 4.78 is 10.6. The molecule has 0 saturated carbocycles. The number of aromatic hydroxyl groups is 1. The lowest BCUT2D eigenvalue weighted by atomic mass is 10.1. The van der Waals surface area contributed by atoms with Gasteiger partial charge in [0, 0.05) is 12.1 Å². The van der Waals surface area contributed by atoms with Crippen molar-refractivity contribution >= 4 is 35.1 Å². The van der Waals surface area contributed by atoms with E-state index < -0.39 is 22.7 Å². The van der Waals surface area contributed by atoms with E-state index in [-0.39, 0.29) is 5.76 Å². The van der Waals surface area contributed by atoms with Gasteiger partial charge in [0.05, 0.1) is 10.0 Å². The first-order valence-electron chi connectivity index (χ1n) is 8.12. The zero-order valence-electron chi connectivity index (χ0n) is 14.6. The molecule has 0 aliphatic heterocycles. The van der Waals surface area contributed by atoms with Crippen LogP contribution < -0.4 is 10.4 Å². The lowest BCUT2D eigenvalue weighted by Crippen LogP contribution is -2.12. The SMILES string of the molecule is Cc1cc(O)c(C(=O)/C=C/c2cccc(Oc3ccc(Cl)c(Cl)c3)c2)c(=O)o1. The van der Waals surface area contributed by atoms with Gasteiger partial charge in [-0.25, -0.2) is 4.79 Å². The molecule has 3 aromatic rings. The Balaban J connectivity index is 1.80. The number of hydrogen-bond acceptors (Lipinski definition) is 5. The second-order valence-corrected chi connectivity index (χ2v) is 6.67. The Morgan fingerprint density at radius 3 is 2.54 bits per heavy atom. The molecule has 0 fully saturated rings. The third kappa shape index (κ3) is 4.63. The van der Waals surface area contributed by atoms with Gasteiger partial charge in [0.15, 0.2) is 5.78 Å². The summed E-state index contributed by atoms with van der Waals surface area (Å²) in [5.74, 6) is 0.164. The van der Waals surface area contributed by atoms with Crippen LogP contribution in [0, 0.1) is 6.92 Å². The summed E-state index contributed by atoms with van der Waals surface area (Å²) >= 11 is 11.9. The van der Waals surface area contributed by atoms with Gasteiger partial charge in [0.2, 0.25) is 0 Å². The molecule has 7 heteroatoms. The smallest absolute Gasteiger partial charge is 0.351 e. The van der Waals surface area contributed by atoms with Crippen molar-refractivity contribution in [1.29, 1.82) is 0 Å². The third-order valence-electron chi connectivity index (χ3n) is 3.71. The second kappa shape index (κ2) is 8.33. The minimum atomic E-state index is -0.885. The van der Waals surface area contributed by atoms with Gasteiger partial charge in [0.1, 0.15) is 28.6 Å². The first-order chi connectivity index (χ1) is 13.3. The molecule has 0 bridgehead atoms. The summed E-state index contributed by atoms with van der Waals surface area (Å²) in [5, 5.41) is 10.6. The Kier molecular flexibility index (Phi) is 5.87. The fourth-order valence-corrected chi connectivity index (χ4v) is 2.72. The van der Waals surface area contributed by atoms with Crippen molar-refractivity contribution < 1.29 is 19.1 Å². The summed E-state index contributed by atoms with van der Waals surface area (Å²) in [6.07, 6.45) is 2.68. The van der Waals surface area contributed by atoms with Gasteiger partial charge >= 0.3 is 5.63 Å². The number of allylic oxidation sites excluding steroid dienone is 1. The number of halogens is 2. The van der Waals surface area contributed by atoms with Crippen molar-refractivity contribution in [3.8, 4) is 17.2 Å². The quantitative estimate of drug-likeness (QED) is 0.429. The van der Waals surface area contributed by atoms with Gasteiger partial charge in [-0.2, -0.15) is 0 Å². The first kappa shape index (κ1) is 19.7. The maximum absolute atomic E-state index is 12.3. The molecule has 3 rings (SSSR count). The van der Waals surface area contributed by atoms with E-state index in [4.69, 9.17) is 32.4 Å². The molecule has 0 unspecified atom stereocenters. The Hall–Kier alpha value is -3.02. The lowest BCUT2D eigenvalue weighted by Gasteiger charge is -2.07. The van der Waals surface area contributed by atoms with Crippen LogP contribution in [0.1, 0.15) is 21.7 Å². The van der Waals surface area contributed by atoms with Crippen LogP contribution in [0.3, 0.4) is 0 Å². The molecule has 0 atom stereocenters. The lowest BCUT2D eigenvalue weighted by molar-refractivity contribution is 0.104. The third-order valence-corrected chi connectivity index (χ3v) is 4.45. The zero-order valence-corrected chi connectivity index (χ0v) is 16.1. The summed E-state index contributed by atoms with van der Waals surface area (Å²) in [6.45, 7) is 1.50. The standard InChI is InChI=1S/C21H14Cl2O5/c1-12-9-19(25)20(21(26)27-12)18(24)8-5-13-3-2-4-14(10-13)28-15-6-7-16(22)17(23)11-15/h2-11,25H,1H3/b8-5+. The van der Waals surface area contributed by atoms with E-state index in [1.165, 1.54) is 25.1 Å². The summed E-state index contributed by atoms with van der Waals surface area (Å²) in [6, 6.07) is 13.0. The molecular formula is C21H14Cl2O5. The zero-order chi connectivity index (χ0) is 20.3. The monoisotopic (exact) mass is 416 g/mol. The summed E-state index contributed by atoms with van der Waals surface area (Å²) in [7, 11) is 0. The minimum absolute atomic E-state index is 0.218. The number of hydrogen-bond donors (Lipinski definition) is 1. The molecule has 2 aromatic carbocycles. The van der Waals surface area contributed by atoms with E-state index in [1.807, 2.05) is 0 Å². The van der Waals surface area contributed by atoms with Gasteiger partial charge in [-0.15, -0.1) is 0 Å². The molecule has 142 valence electrons. The van der Waals surface area contributed by atoms with E-state index in [0.717, 1.165) is 0 Å². The van der Waals surface area contributed by atoms with Crippen LogP contribution in [0.2, 0.25) is 10.0 Å². The molecule has 5 nitrogen and oxygen atoms in total. The molecule has 1 N–H and O–H groups in total. The molecule has 0 saturated heterocycles. The number of ketones is 1. The van der Waals surface area contributed by atoms with E-state index in [9.17, 15) is 14.7 Å². The molecular weight excluding hydrogens is 403 g/mol. The predicted molar refractivity (Wildman–Crippen MR) is 108 cm³/mol. The highest BCUT2D eigenvalue weighted by molar-refractivity contribution is 6.42. The highest BCUT2D eigenvalue weighted by Gasteiger charge is 2.15. The van der Waals surface area contributed by atoms with Gasteiger partial charge in [-0.1, -0.05) is 41.4 Å². The number of benzene rings is 2. The normalized spacial score (nSPS) is 11.0.